The van der Waals surface area contributed by atoms with Crippen LogP contribution >= 0.6 is 11.6 Å². The maximum absolute atomic E-state index is 11.9. The van der Waals surface area contributed by atoms with Crippen LogP contribution in [0.15, 0.2) is 43.5 Å². The van der Waals surface area contributed by atoms with Gasteiger partial charge in [-0.1, -0.05) is 23.8 Å². The van der Waals surface area contributed by atoms with E-state index in [1.807, 2.05) is 4.90 Å². The second kappa shape index (κ2) is 8.40. The molecule has 1 aromatic carbocycles. The van der Waals surface area contributed by atoms with Gasteiger partial charge >= 0.3 is 0 Å². The fraction of sp³-hybridized carbons (Fsp3) is 0.267. The third-order valence-electron chi connectivity index (χ3n) is 2.58. The van der Waals surface area contributed by atoms with E-state index in [0.717, 1.165) is 0 Å². The molecule has 1 amide bonds. The number of anilines is 1. The maximum Gasteiger partial charge on any atom is 0.238 e. The van der Waals surface area contributed by atoms with Gasteiger partial charge in [0, 0.05) is 18.8 Å². The van der Waals surface area contributed by atoms with Crippen LogP contribution in [-0.4, -0.2) is 37.6 Å². The summed E-state index contributed by atoms with van der Waals surface area (Å²) in [5.41, 5.74) is 0.637. The summed E-state index contributed by atoms with van der Waals surface area (Å²) < 4.78 is 5.06. The molecule has 1 N–H and O–H groups in total. The summed E-state index contributed by atoms with van der Waals surface area (Å²) in [7, 11) is 1.54. The number of nitrogens with one attached hydrogen (secondary N) is 1. The molecule has 4 nitrogen and oxygen atoms in total. The average Bonchev–Trinajstić information content (AvgIpc) is 2.39. The second-order valence-corrected chi connectivity index (χ2v) is 4.58. The molecule has 0 aliphatic carbocycles. The number of amides is 1. The lowest BCUT2D eigenvalue weighted by atomic mass is 10.3. The van der Waals surface area contributed by atoms with Crippen LogP contribution < -0.4 is 10.1 Å². The first kappa shape index (κ1) is 16.3. The first-order valence-electron chi connectivity index (χ1n) is 6.18. The molecular weight excluding hydrogens is 276 g/mol. The van der Waals surface area contributed by atoms with Gasteiger partial charge in [-0.3, -0.25) is 9.69 Å². The van der Waals surface area contributed by atoms with Crippen molar-refractivity contribution in [2.45, 2.75) is 0 Å². The summed E-state index contributed by atoms with van der Waals surface area (Å²) >= 11 is 6.00. The molecule has 0 unspecified atom stereocenters. The van der Waals surface area contributed by atoms with Crippen LogP contribution in [0.4, 0.5) is 5.69 Å². The topological polar surface area (TPSA) is 41.6 Å². The fourth-order valence-electron chi connectivity index (χ4n) is 1.72. The third kappa shape index (κ3) is 5.07. The van der Waals surface area contributed by atoms with Gasteiger partial charge < -0.3 is 10.1 Å². The number of hydrogen-bond donors (Lipinski definition) is 1. The molecule has 0 saturated carbocycles. The van der Waals surface area contributed by atoms with Crippen molar-refractivity contribution in [2.24, 2.45) is 0 Å². The molecule has 0 radical (unpaired) electrons. The predicted octanol–water partition coefficient (Wildman–Crippen LogP) is 2.96. The highest BCUT2D eigenvalue weighted by atomic mass is 35.5. The highest BCUT2D eigenvalue weighted by Crippen LogP contribution is 2.27. The van der Waals surface area contributed by atoms with E-state index in [4.69, 9.17) is 16.3 Å². The van der Waals surface area contributed by atoms with Crippen LogP contribution in [0.5, 0.6) is 5.75 Å². The zero-order chi connectivity index (χ0) is 15.0. The molecule has 0 atom stereocenters. The Kier molecular flexibility index (Phi) is 6.84. The quantitative estimate of drug-likeness (QED) is 0.750. The van der Waals surface area contributed by atoms with Gasteiger partial charge in [0.2, 0.25) is 5.91 Å². The Morgan fingerprint density at radius 2 is 2.05 bits per heavy atom. The number of hydrogen-bond acceptors (Lipinski definition) is 3. The Hall–Kier alpha value is -1.78. The van der Waals surface area contributed by atoms with Gasteiger partial charge in [-0.2, -0.15) is 0 Å². The molecule has 0 fully saturated rings. The third-order valence-corrected chi connectivity index (χ3v) is 2.87. The second-order valence-electron chi connectivity index (χ2n) is 4.17. The molecule has 0 heterocycles. The molecule has 0 aliphatic heterocycles. The van der Waals surface area contributed by atoms with E-state index in [2.05, 4.69) is 18.5 Å². The lowest BCUT2D eigenvalue weighted by Gasteiger charge is -2.18. The SMILES string of the molecule is C=CCN(CC=C)CC(=O)Nc1ccc(OC)c(Cl)c1. The van der Waals surface area contributed by atoms with Gasteiger partial charge in [0.05, 0.1) is 18.7 Å². The van der Waals surface area contributed by atoms with E-state index in [0.29, 0.717) is 29.5 Å². The van der Waals surface area contributed by atoms with Crippen molar-refractivity contribution in [3.05, 3.63) is 48.5 Å². The van der Waals surface area contributed by atoms with Crippen LogP contribution in [0, 0.1) is 0 Å². The minimum absolute atomic E-state index is 0.116. The summed E-state index contributed by atoms with van der Waals surface area (Å²) in [5.74, 6) is 0.458. The Morgan fingerprint density at radius 3 is 2.55 bits per heavy atom. The van der Waals surface area contributed by atoms with Crippen LogP contribution in [0.25, 0.3) is 0 Å². The molecular formula is C15H19ClN2O2. The molecule has 20 heavy (non-hydrogen) atoms. The highest BCUT2D eigenvalue weighted by molar-refractivity contribution is 6.32. The number of carbonyl (C=O) groups excluding carboxylic acids is 1. The van der Waals surface area contributed by atoms with E-state index >= 15 is 0 Å². The van der Waals surface area contributed by atoms with Crippen molar-refractivity contribution in [3.63, 3.8) is 0 Å². The number of rotatable bonds is 8. The maximum atomic E-state index is 11.9. The predicted molar refractivity (Wildman–Crippen MR) is 83.5 cm³/mol. The number of methoxy groups -OCH3 is 1. The molecule has 0 aliphatic rings. The largest absolute Gasteiger partial charge is 0.495 e. The van der Waals surface area contributed by atoms with Crippen molar-refractivity contribution < 1.29 is 9.53 Å². The minimum Gasteiger partial charge on any atom is -0.495 e. The lowest BCUT2D eigenvalue weighted by molar-refractivity contribution is -0.117. The summed E-state index contributed by atoms with van der Waals surface area (Å²) in [6.07, 6.45) is 3.50. The lowest BCUT2D eigenvalue weighted by Crippen LogP contribution is -2.33. The molecule has 0 aromatic heterocycles. The molecule has 0 bridgehead atoms. The standard InChI is InChI=1S/C15H19ClN2O2/c1-4-8-18(9-5-2)11-15(19)17-12-6-7-14(20-3)13(16)10-12/h4-7,10H,1-2,8-9,11H2,3H3,(H,17,19). The normalized spacial score (nSPS) is 10.2. The van der Waals surface area contributed by atoms with E-state index in [9.17, 15) is 4.79 Å². The van der Waals surface area contributed by atoms with E-state index in [-0.39, 0.29) is 12.5 Å². The van der Waals surface area contributed by atoms with E-state index in [1.54, 1.807) is 37.5 Å². The van der Waals surface area contributed by atoms with Gasteiger partial charge in [0.1, 0.15) is 5.75 Å². The van der Waals surface area contributed by atoms with Crippen molar-refractivity contribution >= 4 is 23.2 Å². The van der Waals surface area contributed by atoms with Crippen molar-refractivity contribution in [3.8, 4) is 5.75 Å². The minimum atomic E-state index is -0.116. The van der Waals surface area contributed by atoms with E-state index < -0.39 is 0 Å². The van der Waals surface area contributed by atoms with Gasteiger partial charge in [0.25, 0.3) is 0 Å². The Labute approximate surface area is 124 Å². The van der Waals surface area contributed by atoms with Crippen molar-refractivity contribution in [1.82, 2.24) is 4.90 Å². The van der Waals surface area contributed by atoms with Crippen LogP contribution in [-0.2, 0) is 4.79 Å². The molecule has 1 rings (SSSR count). The Balaban J connectivity index is 2.63. The summed E-state index contributed by atoms with van der Waals surface area (Å²) in [4.78, 5) is 13.9. The first-order valence-corrected chi connectivity index (χ1v) is 6.56. The average molecular weight is 295 g/mol. The number of halogens is 1. The van der Waals surface area contributed by atoms with Gasteiger partial charge in [-0.15, -0.1) is 13.2 Å². The Morgan fingerprint density at radius 1 is 1.40 bits per heavy atom. The van der Waals surface area contributed by atoms with Crippen molar-refractivity contribution in [1.29, 1.82) is 0 Å². The summed E-state index contributed by atoms with van der Waals surface area (Å²) in [6.45, 7) is 8.85. The highest BCUT2D eigenvalue weighted by Gasteiger charge is 2.09. The van der Waals surface area contributed by atoms with E-state index in [1.165, 1.54) is 0 Å². The molecule has 1 aromatic rings. The smallest absolute Gasteiger partial charge is 0.238 e. The molecule has 0 saturated heterocycles. The summed E-state index contributed by atoms with van der Waals surface area (Å²) in [6, 6.07) is 5.11. The number of carbonyl (C=O) groups is 1. The van der Waals surface area contributed by atoms with Gasteiger partial charge in [-0.05, 0) is 18.2 Å². The number of ether oxygens (including phenoxy) is 1. The van der Waals surface area contributed by atoms with Gasteiger partial charge in [0.15, 0.2) is 0 Å². The zero-order valence-corrected chi connectivity index (χ0v) is 12.3. The van der Waals surface area contributed by atoms with Gasteiger partial charge in [-0.25, -0.2) is 0 Å². The fourth-order valence-corrected chi connectivity index (χ4v) is 1.97. The zero-order valence-electron chi connectivity index (χ0n) is 11.6. The van der Waals surface area contributed by atoms with Crippen molar-refractivity contribution in [2.75, 3.05) is 32.1 Å². The summed E-state index contributed by atoms with van der Waals surface area (Å²) in [5, 5.41) is 3.25. The van der Waals surface area contributed by atoms with Crippen LogP contribution in [0.1, 0.15) is 0 Å². The molecule has 0 spiro atoms. The molecule has 5 heteroatoms. The van der Waals surface area contributed by atoms with Crippen LogP contribution in [0.3, 0.4) is 0 Å². The first-order chi connectivity index (χ1) is 9.60. The number of benzene rings is 1. The molecule has 108 valence electrons. The Bertz CT molecular complexity index is 479. The number of nitrogens with zero attached hydrogens (tertiary/aromatic N) is 1. The monoisotopic (exact) mass is 294 g/mol. The van der Waals surface area contributed by atoms with Crippen LogP contribution in [0.2, 0.25) is 5.02 Å².